The molecule has 28 heavy (non-hydrogen) atoms. The van der Waals surface area contributed by atoms with Crippen LogP contribution in [0.3, 0.4) is 0 Å². The van der Waals surface area contributed by atoms with Gasteiger partial charge < -0.3 is 4.74 Å². The summed E-state index contributed by atoms with van der Waals surface area (Å²) in [5.41, 5.74) is 2.23. The van der Waals surface area contributed by atoms with E-state index in [1.807, 2.05) is 0 Å². The Labute approximate surface area is 170 Å². The van der Waals surface area contributed by atoms with Crippen LogP contribution >= 0.6 is 23.2 Å². The first-order chi connectivity index (χ1) is 13.5. The number of ketones is 1. The van der Waals surface area contributed by atoms with Crippen LogP contribution < -0.4 is 0 Å². The van der Waals surface area contributed by atoms with E-state index in [2.05, 4.69) is 4.98 Å². The minimum Gasteiger partial charge on any atom is -0.462 e. The average molecular weight is 413 g/mol. The summed E-state index contributed by atoms with van der Waals surface area (Å²) in [7, 11) is 0. The van der Waals surface area contributed by atoms with Crippen molar-refractivity contribution >= 4 is 51.4 Å². The first-order valence-corrected chi connectivity index (χ1v) is 9.32. The molecule has 0 aliphatic rings. The minimum atomic E-state index is -0.511. The maximum atomic E-state index is 13.1. The van der Waals surface area contributed by atoms with Crippen molar-refractivity contribution in [3.05, 3.63) is 81.7 Å². The SMILES string of the molecule is CCOC(=O)c1cc(C(=O)c2ccc(Cl)cc2)n2cnc3ccc(Cl)cc3c12. The summed E-state index contributed by atoms with van der Waals surface area (Å²) in [5.74, 6) is -0.770. The van der Waals surface area contributed by atoms with E-state index in [4.69, 9.17) is 27.9 Å². The van der Waals surface area contributed by atoms with Crippen molar-refractivity contribution in [2.75, 3.05) is 6.61 Å². The molecule has 5 nitrogen and oxygen atoms in total. The van der Waals surface area contributed by atoms with Gasteiger partial charge in [0.2, 0.25) is 5.78 Å². The summed E-state index contributed by atoms with van der Waals surface area (Å²) in [4.78, 5) is 30.1. The zero-order chi connectivity index (χ0) is 19.8. The molecule has 0 aliphatic heterocycles. The number of aromatic nitrogens is 2. The fraction of sp³-hybridized carbons (Fsp3) is 0.0952. The third-order valence-corrected chi connectivity index (χ3v) is 4.88. The summed E-state index contributed by atoms with van der Waals surface area (Å²) in [6, 6.07) is 13.3. The van der Waals surface area contributed by atoms with Crippen molar-refractivity contribution in [1.82, 2.24) is 9.38 Å². The molecule has 0 radical (unpaired) electrons. The molecule has 140 valence electrons. The quantitative estimate of drug-likeness (QED) is 0.341. The standard InChI is InChI=1S/C21H14Cl2N2O3/c1-2-28-21(27)16-10-18(20(26)12-3-5-13(22)6-4-12)25-11-24-17-8-7-14(23)9-15(17)19(16)25/h3-11H,2H2,1H3. The van der Waals surface area contributed by atoms with Gasteiger partial charge in [-0.15, -0.1) is 0 Å². The highest BCUT2D eigenvalue weighted by Gasteiger charge is 2.23. The lowest BCUT2D eigenvalue weighted by Gasteiger charge is -2.06. The van der Waals surface area contributed by atoms with Gasteiger partial charge in [-0.2, -0.15) is 0 Å². The molecule has 0 amide bonds. The molecule has 7 heteroatoms. The first kappa shape index (κ1) is 18.5. The third kappa shape index (κ3) is 3.13. The Hall–Kier alpha value is -2.89. The van der Waals surface area contributed by atoms with Crippen molar-refractivity contribution in [2.45, 2.75) is 6.92 Å². The normalized spacial score (nSPS) is 11.1. The van der Waals surface area contributed by atoms with Gasteiger partial charge in [0.05, 0.1) is 28.9 Å². The monoisotopic (exact) mass is 412 g/mol. The third-order valence-electron chi connectivity index (χ3n) is 4.40. The summed E-state index contributed by atoms with van der Waals surface area (Å²) in [6.07, 6.45) is 1.53. The predicted octanol–water partition coefficient (Wildman–Crippen LogP) is 5.20. The van der Waals surface area contributed by atoms with Crippen molar-refractivity contribution in [3.63, 3.8) is 0 Å². The van der Waals surface area contributed by atoms with E-state index < -0.39 is 5.97 Å². The van der Waals surface area contributed by atoms with E-state index in [9.17, 15) is 9.59 Å². The van der Waals surface area contributed by atoms with Gasteiger partial charge in [-0.3, -0.25) is 9.20 Å². The molecule has 0 fully saturated rings. The highest BCUT2D eigenvalue weighted by Crippen LogP contribution is 2.29. The molecule has 0 atom stereocenters. The van der Waals surface area contributed by atoms with Crippen LogP contribution in [0.2, 0.25) is 10.0 Å². The first-order valence-electron chi connectivity index (χ1n) is 8.56. The summed E-state index contributed by atoms with van der Waals surface area (Å²) >= 11 is 12.1. The molecule has 0 bridgehead atoms. The highest BCUT2D eigenvalue weighted by molar-refractivity contribution is 6.32. The van der Waals surface area contributed by atoms with E-state index in [0.717, 1.165) is 0 Å². The van der Waals surface area contributed by atoms with E-state index in [-0.39, 0.29) is 18.0 Å². The fourth-order valence-electron chi connectivity index (χ4n) is 3.14. The molecule has 0 N–H and O–H groups in total. The zero-order valence-corrected chi connectivity index (χ0v) is 16.3. The Morgan fingerprint density at radius 1 is 1.04 bits per heavy atom. The number of hydrogen-bond acceptors (Lipinski definition) is 4. The Balaban J connectivity index is 2.01. The number of carbonyl (C=O) groups excluding carboxylic acids is 2. The van der Waals surface area contributed by atoms with Crippen molar-refractivity contribution < 1.29 is 14.3 Å². The Morgan fingerprint density at radius 3 is 2.46 bits per heavy atom. The smallest absolute Gasteiger partial charge is 0.340 e. The van der Waals surface area contributed by atoms with Gasteiger partial charge in [-0.1, -0.05) is 23.2 Å². The zero-order valence-electron chi connectivity index (χ0n) is 14.8. The van der Waals surface area contributed by atoms with Gasteiger partial charge >= 0.3 is 5.97 Å². The number of halogens is 2. The van der Waals surface area contributed by atoms with Crippen LogP contribution in [0.15, 0.2) is 54.9 Å². The van der Waals surface area contributed by atoms with Gasteiger partial charge in [0.1, 0.15) is 6.33 Å². The molecule has 2 aromatic heterocycles. The summed E-state index contributed by atoms with van der Waals surface area (Å²) in [6.45, 7) is 1.95. The van der Waals surface area contributed by atoms with E-state index >= 15 is 0 Å². The molecular weight excluding hydrogens is 399 g/mol. The number of nitrogens with zero attached hydrogens (tertiary/aromatic N) is 2. The molecular formula is C21H14Cl2N2O3. The predicted molar refractivity (Wildman–Crippen MR) is 109 cm³/mol. The number of fused-ring (bicyclic) bond motifs is 3. The van der Waals surface area contributed by atoms with Gasteiger partial charge in [-0.25, -0.2) is 9.78 Å². The largest absolute Gasteiger partial charge is 0.462 e. The molecule has 4 aromatic rings. The molecule has 0 aliphatic carbocycles. The molecule has 2 heterocycles. The minimum absolute atomic E-state index is 0.223. The number of hydrogen-bond donors (Lipinski definition) is 0. The van der Waals surface area contributed by atoms with E-state index in [1.54, 1.807) is 53.8 Å². The lowest BCUT2D eigenvalue weighted by Crippen LogP contribution is -2.05. The van der Waals surface area contributed by atoms with Crippen molar-refractivity contribution in [1.29, 1.82) is 0 Å². The molecule has 0 saturated carbocycles. The van der Waals surface area contributed by atoms with Crippen molar-refractivity contribution in [2.24, 2.45) is 0 Å². The van der Waals surface area contributed by atoms with Gasteiger partial charge in [0.25, 0.3) is 0 Å². The molecule has 4 rings (SSSR count). The number of benzene rings is 2. The van der Waals surface area contributed by atoms with Crippen LogP contribution in [-0.4, -0.2) is 27.7 Å². The fourth-order valence-corrected chi connectivity index (χ4v) is 3.44. The lowest BCUT2D eigenvalue weighted by atomic mass is 10.1. The molecule has 0 spiro atoms. The van der Waals surface area contributed by atoms with E-state index in [0.29, 0.717) is 37.7 Å². The Morgan fingerprint density at radius 2 is 1.75 bits per heavy atom. The van der Waals surface area contributed by atoms with E-state index in [1.165, 1.54) is 12.4 Å². The topological polar surface area (TPSA) is 60.7 Å². The summed E-state index contributed by atoms with van der Waals surface area (Å²) in [5, 5.41) is 1.70. The molecule has 2 aromatic carbocycles. The lowest BCUT2D eigenvalue weighted by molar-refractivity contribution is 0.0529. The second-order valence-electron chi connectivity index (χ2n) is 6.12. The van der Waals surface area contributed by atoms with Gasteiger partial charge in [-0.05, 0) is 55.5 Å². The molecule has 0 unspecified atom stereocenters. The number of ether oxygens (including phenoxy) is 1. The van der Waals surface area contributed by atoms with Gasteiger partial charge in [0.15, 0.2) is 0 Å². The number of rotatable bonds is 4. The van der Waals surface area contributed by atoms with Crippen molar-refractivity contribution in [3.8, 4) is 0 Å². The van der Waals surface area contributed by atoms with Gasteiger partial charge in [0, 0.05) is 21.0 Å². The number of esters is 1. The van der Waals surface area contributed by atoms with Crippen LogP contribution in [0.4, 0.5) is 0 Å². The average Bonchev–Trinajstić information content (AvgIpc) is 3.08. The summed E-state index contributed by atoms with van der Waals surface area (Å²) < 4.78 is 6.79. The van der Waals surface area contributed by atoms with Crippen LogP contribution in [0.25, 0.3) is 16.4 Å². The second kappa shape index (κ2) is 7.26. The van der Waals surface area contributed by atoms with Crippen LogP contribution in [-0.2, 0) is 4.74 Å². The second-order valence-corrected chi connectivity index (χ2v) is 7.00. The maximum absolute atomic E-state index is 13.1. The maximum Gasteiger partial charge on any atom is 0.340 e. The van der Waals surface area contributed by atoms with Crippen LogP contribution in [0.1, 0.15) is 33.3 Å². The Bertz CT molecular complexity index is 1230. The highest BCUT2D eigenvalue weighted by atomic mass is 35.5. The number of carbonyl (C=O) groups is 2. The van der Waals surface area contributed by atoms with Crippen LogP contribution in [0, 0.1) is 0 Å². The molecule has 0 saturated heterocycles. The van der Waals surface area contributed by atoms with Crippen LogP contribution in [0.5, 0.6) is 0 Å². The Kier molecular flexibility index (Phi) is 4.79.